The molecular weight excluding hydrogens is 230 g/mol. The van der Waals surface area contributed by atoms with Gasteiger partial charge in [-0.2, -0.15) is 0 Å². The molecule has 0 fully saturated rings. The highest BCUT2D eigenvalue weighted by Gasteiger charge is 2.04. The van der Waals surface area contributed by atoms with Gasteiger partial charge >= 0.3 is 0 Å². The molecule has 2 aromatic rings. The van der Waals surface area contributed by atoms with Crippen molar-refractivity contribution in [3.05, 3.63) is 59.9 Å². The first-order chi connectivity index (χ1) is 8.79. The summed E-state index contributed by atoms with van der Waals surface area (Å²) in [6.45, 7) is 0.372. The van der Waals surface area contributed by atoms with E-state index in [4.69, 9.17) is 10.6 Å². The Morgan fingerprint density at radius 1 is 1.33 bits per heavy atom. The fourth-order valence-corrected chi connectivity index (χ4v) is 1.48. The van der Waals surface area contributed by atoms with E-state index in [0.717, 1.165) is 5.56 Å². The zero-order valence-electron chi connectivity index (χ0n) is 9.67. The van der Waals surface area contributed by atoms with Gasteiger partial charge in [0.25, 0.3) is 5.91 Å². The van der Waals surface area contributed by atoms with Crippen molar-refractivity contribution >= 4 is 5.91 Å². The molecule has 1 amide bonds. The Hall–Kier alpha value is -2.40. The van der Waals surface area contributed by atoms with Gasteiger partial charge < -0.3 is 4.74 Å². The molecule has 18 heavy (non-hydrogen) atoms. The number of hydrazine groups is 1. The van der Waals surface area contributed by atoms with E-state index in [1.807, 2.05) is 12.1 Å². The number of nitrogens with two attached hydrogens (primary N) is 1. The maximum atomic E-state index is 11.4. The lowest BCUT2D eigenvalue weighted by molar-refractivity contribution is 0.0953. The van der Waals surface area contributed by atoms with Crippen molar-refractivity contribution in [1.29, 1.82) is 0 Å². The minimum absolute atomic E-state index is 0.321. The largest absolute Gasteiger partial charge is 0.487 e. The second-order valence-corrected chi connectivity index (χ2v) is 3.65. The molecule has 0 bridgehead atoms. The minimum atomic E-state index is -0.321. The van der Waals surface area contributed by atoms with Crippen LogP contribution in [0.3, 0.4) is 0 Å². The lowest BCUT2D eigenvalue weighted by atomic mass is 10.1. The van der Waals surface area contributed by atoms with E-state index < -0.39 is 0 Å². The molecule has 1 aromatic carbocycles. The number of hydrogen-bond acceptors (Lipinski definition) is 4. The van der Waals surface area contributed by atoms with Gasteiger partial charge in [-0.15, -0.1) is 0 Å². The Balaban J connectivity index is 2.04. The first kappa shape index (κ1) is 12.1. The fourth-order valence-electron chi connectivity index (χ4n) is 1.48. The zero-order chi connectivity index (χ0) is 12.8. The number of rotatable bonds is 4. The molecule has 0 unspecified atom stereocenters. The van der Waals surface area contributed by atoms with Gasteiger partial charge in [0.2, 0.25) is 0 Å². The summed E-state index contributed by atoms with van der Waals surface area (Å²) in [5, 5.41) is 0. The van der Waals surface area contributed by atoms with Gasteiger partial charge in [-0.1, -0.05) is 12.1 Å². The second kappa shape index (κ2) is 5.79. The van der Waals surface area contributed by atoms with Gasteiger partial charge in [-0.05, 0) is 29.8 Å². The van der Waals surface area contributed by atoms with Crippen molar-refractivity contribution in [3.63, 3.8) is 0 Å². The van der Waals surface area contributed by atoms with Crippen molar-refractivity contribution < 1.29 is 9.53 Å². The summed E-state index contributed by atoms with van der Waals surface area (Å²) in [5.41, 5.74) is 3.49. The Morgan fingerprint density at radius 3 is 2.94 bits per heavy atom. The van der Waals surface area contributed by atoms with Crippen LogP contribution in [-0.2, 0) is 6.61 Å². The van der Waals surface area contributed by atoms with Gasteiger partial charge in [0.05, 0.1) is 6.20 Å². The Labute approximate surface area is 105 Å². The van der Waals surface area contributed by atoms with Crippen molar-refractivity contribution in [2.24, 2.45) is 5.84 Å². The maximum absolute atomic E-state index is 11.4. The molecule has 0 aliphatic carbocycles. The summed E-state index contributed by atoms with van der Waals surface area (Å²) in [4.78, 5) is 15.3. The topological polar surface area (TPSA) is 77.2 Å². The molecule has 5 heteroatoms. The van der Waals surface area contributed by atoms with Gasteiger partial charge in [0.15, 0.2) is 0 Å². The van der Waals surface area contributed by atoms with E-state index in [2.05, 4.69) is 10.4 Å². The summed E-state index contributed by atoms with van der Waals surface area (Å²) in [5.74, 6) is 5.45. The highest BCUT2D eigenvalue weighted by Crippen LogP contribution is 2.11. The third-order valence-corrected chi connectivity index (χ3v) is 2.36. The van der Waals surface area contributed by atoms with Crippen LogP contribution in [0.1, 0.15) is 15.9 Å². The van der Waals surface area contributed by atoms with Gasteiger partial charge in [-0.25, -0.2) is 5.84 Å². The van der Waals surface area contributed by atoms with Crippen LogP contribution in [0.2, 0.25) is 0 Å². The molecule has 0 atom stereocenters. The Morgan fingerprint density at radius 2 is 2.22 bits per heavy atom. The molecule has 0 saturated carbocycles. The fraction of sp³-hybridized carbons (Fsp3) is 0.0769. The highest BCUT2D eigenvalue weighted by atomic mass is 16.5. The average Bonchev–Trinajstić information content (AvgIpc) is 2.45. The number of amides is 1. The van der Waals surface area contributed by atoms with Crippen molar-refractivity contribution in [2.75, 3.05) is 0 Å². The standard InChI is InChI=1S/C13H13N3O2/c14-16-13(17)11-4-1-3-10(7-11)9-18-12-5-2-6-15-8-12/h1-8H,9,14H2,(H,16,17). The van der Waals surface area contributed by atoms with Crippen molar-refractivity contribution in [1.82, 2.24) is 10.4 Å². The molecule has 0 aliphatic heterocycles. The number of nitrogens with one attached hydrogen (secondary N) is 1. The first-order valence-corrected chi connectivity index (χ1v) is 5.42. The lowest BCUT2D eigenvalue weighted by Gasteiger charge is -2.07. The number of ether oxygens (including phenoxy) is 1. The third-order valence-electron chi connectivity index (χ3n) is 2.36. The number of hydrogen-bond donors (Lipinski definition) is 2. The van der Waals surface area contributed by atoms with Gasteiger partial charge in [0.1, 0.15) is 12.4 Å². The molecule has 1 heterocycles. The number of pyridine rings is 1. The summed E-state index contributed by atoms with van der Waals surface area (Å²) in [6.07, 6.45) is 3.31. The zero-order valence-corrected chi connectivity index (χ0v) is 9.67. The number of benzene rings is 1. The number of carbonyl (C=O) groups is 1. The minimum Gasteiger partial charge on any atom is -0.487 e. The van der Waals surface area contributed by atoms with Gasteiger partial charge in [-0.3, -0.25) is 15.2 Å². The van der Waals surface area contributed by atoms with Gasteiger partial charge in [0, 0.05) is 11.8 Å². The molecular formula is C13H13N3O2. The van der Waals surface area contributed by atoms with Crippen LogP contribution in [0.25, 0.3) is 0 Å². The second-order valence-electron chi connectivity index (χ2n) is 3.65. The Bertz CT molecular complexity index is 529. The molecule has 0 radical (unpaired) electrons. The van der Waals surface area contributed by atoms with Crippen molar-refractivity contribution in [2.45, 2.75) is 6.61 Å². The molecule has 0 spiro atoms. The average molecular weight is 243 g/mol. The molecule has 3 N–H and O–H groups in total. The molecule has 2 rings (SSSR count). The SMILES string of the molecule is NNC(=O)c1cccc(COc2cccnc2)c1. The number of nitrogens with zero attached hydrogens (tertiary/aromatic N) is 1. The molecule has 1 aromatic heterocycles. The van der Waals surface area contributed by atoms with E-state index in [9.17, 15) is 4.79 Å². The van der Waals surface area contributed by atoms with E-state index in [1.54, 1.807) is 36.7 Å². The molecule has 5 nitrogen and oxygen atoms in total. The number of carbonyl (C=O) groups excluding carboxylic acids is 1. The van der Waals surface area contributed by atoms with Crippen LogP contribution in [0.5, 0.6) is 5.75 Å². The van der Waals surface area contributed by atoms with Crippen LogP contribution >= 0.6 is 0 Å². The van der Waals surface area contributed by atoms with Crippen molar-refractivity contribution in [3.8, 4) is 5.75 Å². The normalized spacial score (nSPS) is 9.83. The Kier molecular flexibility index (Phi) is 3.88. The first-order valence-electron chi connectivity index (χ1n) is 5.42. The molecule has 0 saturated heterocycles. The van der Waals surface area contributed by atoms with Crippen LogP contribution < -0.4 is 16.0 Å². The van der Waals surface area contributed by atoms with E-state index in [-0.39, 0.29) is 5.91 Å². The van der Waals surface area contributed by atoms with Crippen LogP contribution in [0, 0.1) is 0 Å². The number of nitrogen functional groups attached to an aromatic ring is 1. The highest BCUT2D eigenvalue weighted by molar-refractivity contribution is 5.93. The molecule has 92 valence electrons. The molecule has 0 aliphatic rings. The summed E-state index contributed by atoms with van der Waals surface area (Å²) >= 11 is 0. The van der Waals surface area contributed by atoms with Crippen LogP contribution in [0.4, 0.5) is 0 Å². The summed E-state index contributed by atoms with van der Waals surface area (Å²) in [6, 6.07) is 10.7. The van der Waals surface area contributed by atoms with Crippen LogP contribution in [0.15, 0.2) is 48.8 Å². The quantitative estimate of drug-likeness (QED) is 0.481. The van der Waals surface area contributed by atoms with E-state index in [0.29, 0.717) is 17.9 Å². The van der Waals surface area contributed by atoms with Crippen LogP contribution in [-0.4, -0.2) is 10.9 Å². The van der Waals surface area contributed by atoms with E-state index in [1.165, 1.54) is 0 Å². The maximum Gasteiger partial charge on any atom is 0.265 e. The predicted molar refractivity (Wildman–Crippen MR) is 66.7 cm³/mol. The summed E-state index contributed by atoms with van der Waals surface area (Å²) < 4.78 is 5.53. The smallest absolute Gasteiger partial charge is 0.265 e. The third kappa shape index (κ3) is 3.05. The van der Waals surface area contributed by atoms with E-state index >= 15 is 0 Å². The predicted octanol–water partition coefficient (Wildman–Crippen LogP) is 1.26. The number of aromatic nitrogens is 1. The summed E-state index contributed by atoms with van der Waals surface area (Å²) in [7, 11) is 0. The lowest BCUT2D eigenvalue weighted by Crippen LogP contribution is -2.30. The monoisotopic (exact) mass is 243 g/mol.